The third kappa shape index (κ3) is 5.93. The maximum absolute atomic E-state index is 10.8. The highest BCUT2D eigenvalue weighted by Crippen LogP contribution is 2.30. The van der Waals surface area contributed by atoms with Gasteiger partial charge in [0.1, 0.15) is 12.5 Å². The van der Waals surface area contributed by atoms with Crippen molar-refractivity contribution in [3.05, 3.63) is 41.8 Å². The van der Waals surface area contributed by atoms with Gasteiger partial charge in [0.05, 0.1) is 5.39 Å². The molecule has 1 amide bonds. The van der Waals surface area contributed by atoms with Crippen LogP contribution in [0.5, 0.6) is 11.6 Å². The van der Waals surface area contributed by atoms with Crippen LogP contribution in [0, 0.1) is 0 Å². The molecular weight excluding hydrogens is 412 g/mol. The topological polar surface area (TPSA) is 98.5 Å². The van der Waals surface area contributed by atoms with Crippen LogP contribution >= 0.6 is 11.6 Å². The molecule has 0 bridgehead atoms. The lowest BCUT2D eigenvalue weighted by molar-refractivity contribution is 0.0899. The zero-order valence-electron chi connectivity index (χ0n) is 16.5. The van der Waals surface area contributed by atoms with Gasteiger partial charge in [-0.25, -0.2) is 4.79 Å². The van der Waals surface area contributed by atoms with Gasteiger partial charge in [0.2, 0.25) is 11.2 Å². The second-order valence-electron chi connectivity index (χ2n) is 7.73. The molecule has 0 aliphatic heterocycles. The second-order valence-corrected chi connectivity index (χ2v) is 13.7. The summed E-state index contributed by atoms with van der Waals surface area (Å²) in [6.45, 7) is 7.97. The molecule has 0 aliphatic carbocycles. The van der Waals surface area contributed by atoms with E-state index in [2.05, 4.69) is 34.9 Å². The molecule has 0 aliphatic rings. The molecule has 29 heavy (non-hydrogen) atoms. The van der Waals surface area contributed by atoms with Crippen LogP contribution in [0.15, 0.2) is 36.5 Å². The summed E-state index contributed by atoms with van der Waals surface area (Å²) in [5.41, 5.74) is 0.993. The van der Waals surface area contributed by atoms with Crippen molar-refractivity contribution in [2.24, 2.45) is 0 Å². The Morgan fingerprint density at radius 1 is 1.28 bits per heavy atom. The van der Waals surface area contributed by atoms with Gasteiger partial charge >= 0.3 is 6.09 Å². The van der Waals surface area contributed by atoms with Crippen LogP contribution in [-0.2, 0) is 11.5 Å². The van der Waals surface area contributed by atoms with E-state index in [4.69, 9.17) is 26.2 Å². The third-order valence-corrected chi connectivity index (χ3v) is 5.96. The van der Waals surface area contributed by atoms with Gasteiger partial charge < -0.3 is 19.1 Å². The van der Waals surface area contributed by atoms with Gasteiger partial charge in [-0.1, -0.05) is 25.7 Å². The lowest BCUT2D eigenvalue weighted by atomic mass is 10.3. The number of aromatic nitrogens is 3. The third-order valence-electron chi connectivity index (χ3n) is 4.08. The summed E-state index contributed by atoms with van der Waals surface area (Å²) in [4.78, 5) is 19.3. The first-order chi connectivity index (χ1) is 13.7. The zero-order valence-corrected chi connectivity index (χ0v) is 18.2. The van der Waals surface area contributed by atoms with Crippen LogP contribution in [0.1, 0.15) is 0 Å². The molecule has 0 atom stereocenters. The van der Waals surface area contributed by atoms with E-state index >= 15 is 0 Å². The predicted octanol–water partition coefficient (Wildman–Crippen LogP) is 5.28. The first-order valence-corrected chi connectivity index (χ1v) is 13.2. The minimum Gasteiger partial charge on any atom is -0.465 e. The molecule has 3 rings (SSSR count). The maximum atomic E-state index is 10.8. The van der Waals surface area contributed by atoms with Crippen molar-refractivity contribution in [1.29, 1.82) is 0 Å². The van der Waals surface area contributed by atoms with E-state index in [1.807, 2.05) is 16.8 Å². The van der Waals surface area contributed by atoms with Gasteiger partial charge in [0.15, 0.2) is 5.65 Å². The van der Waals surface area contributed by atoms with Crippen LogP contribution in [0.2, 0.25) is 31.0 Å². The average molecular weight is 435 g/mol. The maximum Gasteiger partial charge on any atom is 0.409 e. The number of carboxylic acid groups (broad SMARTS) is 1. The largest absolute Gasteiger partial charge is 0.465 e. The Kier molecular flexibility index (Phi) is 6.41. The minimum absolute atomic E-state index is 0.0503. The number of anilines is 1. The number of rotatable bonds is 8. The molecule has 8 nitrogen and oxygen atoms in total. The van der Waals surface area contributed by atoms with E-state index in [0.29, 0.717) is 35.8 Å². The molecule has 2 heterocycles. The Morgan fingerprint density at radius 3 is 2.79 bits per heavy atom. The first-order valence-electron chi connectivity index (χ1n) is 9.09. The van der Waals surface area contributed by atoms with Gasteiger partial charge in [-0.05, 0) is 35.8 Å². The molecule has 0 radical (unpaired) electrons. The van der Waals surface area contributed by atoms with E-state index < -0.39 is 14.2 Å². The minimum atomic E-state index is -1.15. The zero-order chi connectivity index (χ0) is 21.0. The summed E-state index contributed by atoms with van der Waals surface area (Å²) in [6, 6.07) is 9.48. The Morgan fingerprint density at radius 2 is 2.07 bits per heavy atom. The molecule has 10 heteroatoms. The van der Waals surface area contributed by atoms with E-state index in [1.165, 1.54) is 0 Å². The molecule has 0 spiro atoms. The molecule has 154 valence electrons. The fraction of sp³-hybridized carbons (Fsp3) is 0.316. The number of benzene rings is 1. The number of hydrogen-bond donors (Lipinski definition) is 2. The molecule has 0 unspecified atom stereocenters. The molecule has 3 aromatic rings. The number of hydrogen-bond acceptors (Lipinski definition) is 5. The van der Waals surface area contributed by atoms with Gasteiger partial charge in [0, 0.05) is 32.6 Å². The number of carbonyl (C=O) groups is 1. The summed E-state index contributed by atoms with van der Waals surface area (Å²) in [5, 5.41) is 11.9. The van der Waals surface area contributed by atoms with Crippen LogP contribution in [0.4, 0.5) is 10.5 Å². The summed E-state index contributed by atoms with van der Waals surface area (Å²) < 4.78 is 13.5. The molecule has 0 saturated carbocycles. The second kappa shape index (κ2) is 8.81. The van der Waals surface area contributed by atoms with E-state index in [0.717, 1.165) is 6.04 Å². The van der Waals surface area contributed by atoms with Crippen LogP contribution in [0.25, 0.3) is 11.0 Å². The van der Waals surface area contributed by atoms with Crippen LogP contribution in [-0.4, -0.2) is 40.4 Å². The fourth-order valence-corrected chi connectivity index (χ4v) is 3.52. The Labute approximate surface area is 174 Å². The van der Waals surface area contributed by atoms with Crippen molar-refractivity contribution in [1.82, 2.24) is 14.5 Å². The van der Waals surface area contributed by atoms with E-state index in [-0.39, 0.29) is 11.2 Å². The van der Waals surface area contributed by atoms with E-state index in [9.17, 15) is 4.79 Å². The predicted molar refractivity (Wildman–Crippen MR) is 115 cm³/mol. The number of fused-ring (bicyclic) bond motifs is 1. The highest BCUT2D eigenvalue weighted by Gasteiger charge is 2.15. The van der Waals surface area contributed by atoms with Crippen molar-refractivity contribution < 1.29 is 19.4 Å². The van der Waals surface area contributed by atoms with Crippen LogP contribution < -0.4 is 10.1 Å². The smallest absolute Gasteiger partial charge is 0.409 e. The first kappa shape index (κ1) is 21.1. The number of ether oxygens (including phenoxy) is 2. The standard InChI is InChI=1S/C19H23ClN4O4Si/c1-29(2,3)10-9-27-12-24-8-7-15-16(24)22-18(20)23-17(15)28-14-6-4-5-13(11-14)21-19(25)26/h4-8,11,21H,9-10,12H2,1-3H3,(H,25,26). The summed E-state index contributed by atoms with van der Waals surface area (Å²) in [7, 11) is -1.15. The molecular formula is C19H23ClN4O4Si. The summed E-state index contributed by atoms with van der Waals surface area (Å²) >= 11 is 6.10. The molecule has 2 N–H and O–H groups in total. The quantitative estimate of drug-likeness (QED) is 0.284. The lowest BCUT2D eigenvalue weighted by Crippen LogP contribution is -2.22. The molecule has 0 saturated heterocycles. The van der Waals surface area contributed by atoms with Crippen molar-refractivity contribution >= 4 is 42.5 Å². The van der Waals surface area contributed by atoms with E-state index in [1.54, 1.807) is 24.3 Å². The number of amides is 1. The van der Waals surface area contributed by atoms with Crippen LogP contribution in [0.3, 0.4) is 0 Å². The highest BCUT2D eigenvalue weighted by molar-refractivity contribution is 6.76. The summed E-state index contributed by atoms with van der Waals surface area (Å²) in [6.07, 6.45) is 0.695. The van der Waals surface area contributed by atoms with Gasteiger partial charge in [0.25, 0.3) is 0 Å². The Hall–Kier alpha value is -2.62. The highest BCUT2D eigenvalue weighted by atomic mass is 35.5. The molecule has 1 aromatic carbocycles. The van der Waals surface area contributed by atoms with Crippen molar-refractivity contribution in [3.8, 4) is 11.6 Å². The van der Waals surface area contributed by atoms with Crippen molar-refractivity contribution in [3.63, 3.8) is 0 Å². The summed E-state index contributed by atoms with van der Waals surface area (Å²) in [5.74, 6) is 0.708. The van der Waals surface area contributed by atoms with Crippen molar-refractivity contribution in [2.75, 3.05) is 11.9 Å². The fourth-order valence-electron chi connectivity index (χ4n) is 2.61. The normalized spacial score (nSPS) is 11.6. The number of halogens is 1. The molecule has 0 fully saturated rings. The average Bonchev–Trinajstić information content (AvgIpc) is 3.00. The van der Waals surface area contributed by atoms with Gasteiger partial charge in [-0.3, -0.25) is 5.32 Å². The number of nitrogens with zero attached hydrogens (tertiary/aromatic N) is 3. The van der Waals surface area contributed by atoms with Gasteiger partial charge in [-0.2, -0.15) is 9.97 Å². The monoisotopic (exact) mass is 434 g/mol. The lowest BCUT2D eigenvalue weighted by Gasteiger charge is -2.15. The number of nitrogens with one attached hydrogen (secondary N) is 1. The molecule has 2 aromatic heterocycles. The SMILES string of the molecule is C[Si](C)(C)CCOCn1ccc2c(Oc3cccc(NC(=O)O)c3)nc(Cl)nc21. The Bertz CT molecular complexity index is 1020. The van der Waals surface area contributed by atoms with Gasteiger partial charge in [-0.15, -0.1) is 0 Å². The Balaban J connectivity index is 1.79. The van der Waals surface area contributed by atoms with Crippen molar-refractivity contribution in [2.45, 2.75) is 32.4 Å².